The summed E-state index contributed by atoms with van der Waals surface area (Å²) < 4.78 is 26.5. The highest BCUT2D eigenvalue weighted by Gasteiger charge is 2.39. The Morgan fingerprint density at radius 3 is 1.68 bits per heavy atom. The summed E-state index contributed by atoms with van der Waals surface area (Å²) in [4.78, 5) is 55.8. The van der Waals surface area contributed by atoms with Gasteiger partial charge in [-0.3, -0.25) is 18.9 Å². The van der Waals surface area contributed by atoms with Crippen LogP contribution in [0.4, 0.5) is 0 Å². The van der Waals surface area contributed by atoms with Crippen molar-refractivity contribution >= 4 is 25.5 Å². The average molecular weight is 859 g/mol. The molecule has 0 aromatic rings. The number of aliphatic hydroxyl groups excluding tert-OH is 2. The van der Waals surface area contributed by atoms with Crippen molar-refractivity contribution in [2.24, 2.45) is 17.8 Å². The highest BCUT2D eigenvalue weighted by Crippen LogP contribution is 2.36. The van der Waals surface area contributed by atoms with Crippen LogP contribution in [-0.4, -0.2) is 69.2 Å². The van der Waals surface area contributed by atoms with Crippen LogP contribution in [0.1, 0.15) is 220 Å². The van der Waals surface area contributed by atoms with Crippen LogP contribution in [0.5, 0.6) is 0 Å². The summed E-state index contributed by atoms with van der Waals surface area (Å²) in [6.45, 7) is 5.77. The summed E-state index contributed by atoms with van der Waals surface area (Å²) in [6.07, 6.45) is 32.7. The number of Topliss-reactive ketones (excluding diaryl/α,β-unsaturated/α-hetero) is 1. The minimum atomic E-state index is -4.81. The van der Waals surface area contributed by atoms with Crippen LogP contribution in [0, 0.1) is 17.8 Å². The summed E-state index contributed by atoms with van der Waals surface area (Å²) >= 11 is 0. The number of ketones is 1. The maximum atomic E-state index is 12.5. The highest BCUT2D eigenvalue weighted by atomic mass is 31.2. The van der Waals surface area contributed by atoms with Crippen LogP contribution in [-0.2, 0) is 32.9 Å². The Morgan fingerprint density at radius 1 is 0.695 bits per heavy atom. The molecule has 4 N–H and O–H groups in total. The van der Waals surface area contributed by atoms with Gasteiger partial charge in [0.05, 0.1) is 18.8 Å². The fourth-order valence-electron chi connectivity index (χ4n) is 7.99. The van der Waals surface area contributed by atoms with Crippen molar-refractivity contribution in [2.45, 2.75) is 238 Å². The molecule has 0 saturated heterocycles. The third kappa shape index (κ3) is 32.7. The monoisotopic (exact) mass is 859 g/mol. The van der Waals surface area contributed by atoms with E-state index in [-0.39, 0.29) is 43.5 Å². The Labute approximate surface area is 358 Å². The number of carbonyl (C=O) groups is 3. The maximum Gasteiger partial charge on any atom is 0.469 e. The molecule has 0 amide bonds. The van der Waals surface area contributed by atoms with E-state index in [1.165, 1.54) is 96.3 Å². The Kier molecular flexibility index (Phi) is 33.7. The normalized spacial score (nSPS) is 18.2. The van der Waals surface area contributed by atoms with Gasteiger partial charge in [-0.05, 0) is 31.6 Å². The van der Waals surface area contributed by atoms with Gasteiger partial charge >= 0.3 is 19.8 Å². The Morgan fingerprint density at radius 2 is 1.17 bits per heavy atom. The minimum Gasteiger partial charge on any atom is -0.462 e. The number of carbonyl (C=O) groups excluding carboxylic acids is 3. The Bertz CT molecular complexity index is 1140. The number of unbranched alkanes of at least 4 members (excludes halogenated alkanes) is 22. The summed E-state index contributed by atoms with van der Waals surface area (Å²) in [5.74, 6) is -0.719. The molecule has 12 heteroatoms. The average Bonchev–Trinajstić information content (AvgIpc) is 3.45. The molecule has 0 heterocycles. The minimum absolute atomic E-state index is 0.0461. The zero-order valence-electron chi connectivity index (χ0n) is 37.5. The van der Waals surface area contributed by atoms with Gasteiger partial charge in [-0.15, -0.1) is 0 Å². The number of esters is 2. The summed E-state index contributed by atoms with van der Waals surface area (Å²) in [6, 6.07) is 0. The standard InChI is InChI=1S/C47H87O11P/c1-4-5-24-30-40(48)34-35-43-42(44(49)36-45(43)50)31-26-22-23-27-32-46(51)56-37-41(38-57-59(53,54)55)58-47(52)33-28-21-19-17-15-13-11-9-7-6-8-10-12-14-16-18-20-25-29-39(2)3/h34-35,39-43,45,48,50H,4-33,36-38H2,1-3H3,(H2,53,54,55)/b35-34+/t40-,41+,42+,43+,45+/m0/s1. The van der Waals surface area contributed by atoms with E-state index >= 15 is 0 Å². The van der Waals surface area contributed by atoms with Gasteiger partial charge in [0.25, 0.3) is 0 Å². The lowest BCUT2D eigenvalue weighted by Gasteiger charge is -2.18. The molecule has 0 aromatic heterocycles. The van der Waals surface area contributed by atoms with Gasteiger partial charge in [0.2, 0.25) is 0 Å². The van der Waals surface area contributed by atoms with E-state index < -0.39 is 44.7 Å². The number of ether oxygens (including phenoxy) is 2. The second kappa shape index (κ2) is 35.9. The third-order valence-electron chi connectivity index (χ3n) is 11.6. The topological polar surface area (TPSA) is 177 Å². The molecule has 1 aliphatic carbocycles. The predicted octanol–water partition coefficient (Wildman–Crippen LogP) is 11.4. The Balaban J connectivity index is 2.16. The van der Waals surface area contributed by atoms with Crippen molar-refractivity contribution in [2.75, 3.05) is 13.2 Å². The van der Waals surface area contributed by atoms with Crippen LogP contribution in [0.3, 0.4) is 0 Å². The SMILES string of the molecule is CCCCC[C@H](O)/C=C/[C@H]1[C@H](O)CC(=O)[C@@H]1CCCCCCC(=O)OC[C@H](COP(=O)(O)O)OC(=O)CCCCCCCCCCCCCCCCCCCCC(C)C. The molecule has 5 atom stereocenters. The molecule has 1 saturated carbocycles. The van der Waals surface area contributed by atoms with Crippen molar-refractivity contribution in [3.63, 3.8) is 0 Å². The first kappa shape index (κ1) is 55.4. The second-order valence-electron chi connectivity index (χ2n) is 17.7. The summed E-state index contributed by atoms with van der Waals surface area (Å²) in [5, 5.41) is 20.7. The first-order chi connectivity index (χ1) is 28.3. The Hall–Kier alpha value is -1.62. The van der Waals surface area contributed by atoms with E-state index in [4.69, 9.17) is 19.3 Å². The molecule has 0 spiro atoms. The van der Waals surface area contributed by atoms with Gasteiger partial charge in [-0.25, -0.2) is 4.57 Å². The first-order valence-corrected chi connectivity index (χ1v) is 25.5. The van der Waals surface area contributed by atoms with Crippen LogP contribution >= 0.6 is 7.82 Å². The van der Waals surface area contributed by atoms with Crippen LogP contribution < -0.4 is 0 Å². The van der Waals surface area contributed by atoms with Gasteiger partial charge < -0.3 is 29.5 Å². The lowest BCUT2D eigenvalue weighted by Crippen LogP contribution is -2.29. The molecule has 1 fully saturated rings. The zero-order chi connectivity index (χ0) is 43.6. The summed E-state index contributed by atoms with van der Waals surface area (Å²) in [7, 11) is -4.81. The molecule has 0 aromatic carbocycles. The molecule has 0 aliphatic heterocycles. The van der Waals surface area contributed by atoms with Crippen LogP contribution in [0.25, 0.3) is 0 Å². The number of phosphoric acid groups is 1. The van der Waals surface area contributed by atoms with E-state index in [1.54, 1.807) is 6.08 Å². The molecule has 0 unspecified atom stereocenters. The fraction of sp³-hybridized carbons (Fsp3) is 0.894. The molecule has 0 radical (unpaired) electrons. The van der Waals surface area contributed by atoms with Gasteiger partial charge in [0, 0.05) is 31.1 Å². The maximum absolute atomic E-state index is 12.5. The number of hydrogen-bond acceptors (Lipinski definition) is 9. The number of rotatable bonds is 40. The van der Waals surface area contributed by atoms with Crippen molar-refractivity contribution in [3.05, 3.63) is 12.2 Å². The highest BCUT2D eigenvalue weighted by molar-refractivity contribution is 7.46. The van der Waals surface area contributed by atoms with Crippen molar-refractivity contribution in [1.29, 1.82) is 0 Å². The van der Waals surface area contributed by atoms with Gasteiger partial charge in [0.15, 0.2) is 6.10 Å². The van der Waals surface area contributed by atoms with Crippen molar-refractivity contribution in [1.82, 2.24) is 0 Å². The molecule has 346 valence electrons. The predicted molar refractivity (Wildman–Crippen MR) is 236 cm³/mol. The molecule has 11 nitrogen and oxygen atoms in total. The number of hydrogen-bond donors (Lipinski definition) is 4. The zero-order valence-corrected chi connectivity index (χ0v) is 38.4. The quantitative estimate of drug-likeness (QED) is 0.0200. The molecule has 59 heavy (non-hydrogen) atoms. The molecule has 1 aliphatic rings. The smallest absolute Gasteiger partial charge is 0.462 e. The van der Waals surface area contributed by atoms with E-state index in [2.05, 4.69) is 25.3 Å². The number of phosphoric ester groups is 1. The van der Waals surface area contributed by atoms with E-state index in [0.717, 1.165) is 63.7 Å². The molecule has 0 bridgehead atoms. The van der Waals surface area contributed by atoms with Crippen molar-refractivity contribution < 1.29 is 52.9 Å². The molecule has 1 rings (SSSR count). The third-order valence-corrected chi connectivity index (χ3v) is 12.1. The molecular weight excluding hydrogens is 771 g/mol. The summed E-state index contributed by atoms with van der Waals surface area (Å²) in [5.41, 5.74) is 0. The van der Waals surface area contributed by atoms with E-state index in [0.29, 0.717) is 25.7 Å². The van der Waals surface area contributed by atoms with Crippen molar-refractivity contribution in [3.8, 4) is 0 Å². The number of aliphatic hydroxyl groups is 2. The fourth-order valence-corrected chi connectivity index (χ4v) is 8.35. The van der Waals surface area contributed by atoms with Gasteiger partial charge in [-0.1, -0.05) is 187 Å². The van der Waals surface area contributed by atoms with Crippen LogP contribution in [0.15, 0.2) is 12.2 Å². The largest absolute Gasteiger partial charge is 0.469 e. The lowest BCUT2D eigenvalue weighted by atomic mass is 9.88. The van der Waals surface area contributed by atoms with Gasteiger partial charge in [0.1, 0.15) is 12.4 Å². The first-order valence-electron chi connectivity index (χ1n) is 23.9. The van der Waals surface area contributed by atoms with E-state index in [1.807, 2.05) is 6.08 Å². The molecular formula is C47H87O11P. The second-order valence-corrected chi connectivity index (χ2v) is 18.9. The van der Waals surface area contributed by atoms with E-state index in [9.17, 15) is 29.2 Å². The lowest BCUT2D eigenvalue weighted by molar-refractivity contribution is -0.161. The van der Waals surface area contributed by atoms with Crippen LogP contribution in [0.2, 0.25) is 0 Å². The van der Waals surface area contributed by atoms with Gasteiger partial charge in [-0.2, -0.15) is 0 Å².